The third kappa shape index (κ3) is 0.931. The Labute approximate surface area is 35.8 Å². The summed E-state index contributed by atoms with van der Waals surface area (Å²) in [5, 5.41) is 9.31. The molecule has 0 aromatic heterocycles. The maximum atomic E-state index is 9.31. The molecule has 0 heterocycles. The fourth-order valence-electron chi connectivity index (χ4n) is 0.254. The van der Waals surface area contributed by atoms with Gasteiger partial charge in [-0.05, 0) is 12.8 Å². The van der Waals surface area contributed by atoms with Crippen LogP contribution >= 0.6 is 0 Å². The average molecular weight is 88.1 g/mol. The van der Waals surface area contributed by atoms with Crippen molar-refractivity contribution in [1.82, 2.24) is 5.64 Å². The molecule has 0 aliphatic heterocycles. The zero-order valence-corrected chi connectivity index (χ0v) is 3.31. The van der Waals surface area contributed by atoms with Gasteiger partial charge in [0.25, 0.3) is 0 Å². The van der Waals surface area contributed by atoms with E-state index in [1.165, 1.54) is 5.64 Å². The fraction of sp³-hybridized carbons (Fsp3) is 1.00. The van der Waals surface area contributed by atoms with Crippen molar-refractivity contribution >= 4 is 0 Å². The SMILES string of the molecule is [O-]NOC1CC1. The molecule has 1 aliphatic rings. The largest absolute Gasteiger partial charge is 0.765 e. The molecule has 0 bridgehead atoms. The highest BCUT2D eigenvalue weighted by atomic mass is 16.8. The van der Waals surface area contributed by atoms with E-state index in [0.29, 0.717) is 0 Å². The van der Waals surface area contributed by atoms with Crippen LogP contribution in [0.25, 0.3) is 0 Å². The van der Waals surface area contributed by atoms with Gasteiger partial charge in [-0.25, -0.2) is 0 Å². The summed E-state index contributed by atoms with van der Waals surface area (Å²) in [6, 6.07) is 0. The smallest absolute Gasteiger partial charge is 0.0780 e. The first-order valence-electron chi connectivity index (χ1n) is 1.96. The van der Waals surface area contributed by atoms with E-state index in [9.17, 15) is 5.21 Å². The zero-order valence-electron chi connectivity index (χ0n) is 3.31. The van der Waals surface area contributed by atoms with E-state index in [4.69, 9.17) is 0 Å². The molecule has 6 heavy (non-hydrogen) atoms. The van der Waals surface area contributed by atoms with Crippen LogP contribution in [0.3, 0.4) is 0 Å². The summed E-state index contributed by atoms with van der Waals surface area (Å²) in [6.45, 7) is 0. The quantitative estimate of drug-likeness (QED) is 0.489. The standard InChI is InChI=1S/C3H6NO2/c5-4-6-3-1-2-3/h3-4H,1-2H2/q-1. The van der Waals surface area contributed by atoms with Crippen molar-refractivity contribution < 1.29 is 4.84 Å². The first-order valence-corrected chi connectivity index (χ1v) is 1.96. The molecule has 1 N–H and O–H groups in total. The molecule has 0 aromatic carbocycles. The molecule has 1 aliphatic carbocycles. The van der Waals surface area contributed by atoms with E-state index in [2.05, 4.69) is 4.84 Å². The van der Waals surface area contributed by atoms with Crippen molar-refractivity contribution in [2.75, 3.05) is 0 Å². The third-order valence-corrected chi connectivity index (χ3v) is 0.739. The van der Waals surface area contributed by atoms with Gasteiger partial charge < -0.3 is 10.0 Å². The van der Waals surface area contributed by atoms with Crippen LogP contribution in [0.5, 0.6) is 0 Å². The Morgan fingerprint density at radius 2 is 2.33 bits per heavy atom. The summed E-state index contributed by atoms with van der Waals surface area (Å²) in [5.41, 5.74) is 1.38. The Balaban J connectivity index is 1.88. The van der Waals surface area contributed by atoms with Crippen molar-refractivity contribution in [2.24, 2.45) is 0 Å². The van der Waals surface area contributed by atoms with E-state index < -0.39 is 0 Å². The van der Waals surface area contributed by atoms with Crippen LogP contribution in [0, 0.1) is 5.21 Å². The van der Waals surface area contributed by atoms with Gasteiger partial charge in [-0.2, -0.15) is 0 Å². The lowest BCUT2D eigenvalue weighted by Crippen LogP contribution is -2.05. The molecular weight excluding hydrogens is 82.0 g/mol. The van der Waals surface area contributed by atoms with Crippen molar-refractivity contribution in [3.05, 3.63) is 5.21 Å². The first-order chi connectivity index (χ1) is 2.93. The van der Waals surface area contributed by atoms with Crippen LogP contribution in [0.1, 0.15) is 12.8 Å². The maximum Gasteiger partial charge on any atom is 0.0780 e. The molecular formula is C3H6NO2-. The lowest BCUT2D eigenvalue weighted by molar-refractivity contribution is 0.0571. The predicted molar refractivity (Wildman–Crippen MR) is 20.6 cm³/mol. The number of hydrogen-bond donors (Lipinski definition) is 1. The molecule has 3 heteroatoms. The topological polar surface area (TPSA) is 44.3 Å². The summed E-state index contributed by atoms with van der Waals surface area (Å²) >= 11 is 0. The Hall–Kier alpha value is -0.120. The normalized spacial score (nSPS) is 21.5. The van der Waals surface area contributed by atoms with Gasteiger partial charge in [-0.1, -0.05) is 0 Å². The van der Waals surface area contributed by atoms with Crippen LogP contribution in [-0.2, 0) is 4.84 Å². The fourth-order valence-corrected chi connectivity index (χ4v) is 0.254. The minimum absolute atomic E-state index is 0.225. The van der Waals surface area contributed by atoms with E-state index in [1.807, 2.05) is 0 Å². The van der Waals surface area contributed by atoms with Crippen molar-refractivity contribution in [1.29, 1.82) is 0 Å². The highest BCUT2D eigenvalue weighted by Crippen LogP contribution is 2.21. The van der Waals surface area contributed by atoms with Gasteiger partial charge in [-0.3, -0.25) is 5.64 Å². The maximum absolute atomic E-state index is 9.31. The van der Waals surface area contributed by atoms with Gasteiger partial charge in [-0.15, -0.1) is 0 Å². The van der Waals surface area contributed by atoms with Crippen LogP contribution in [0.2, 0.25) is 0 Å². The Morgan fingerprint density at radius 3 is 2.50 bits per heavy atom. The second-order valence-electron chi connectivity index (χ2n) is 1.40. The first kappa shape index (κ1) is 4.05. The van der Waals surface area contributed by atoms with Crippen LogP contribution in [0.4, 0.5) is 0 Å². The minimum Gasteiger partial charge on any atom is -0.765 e. The molecule has 1 rings (SSSR count). The second-order valence-corrected chi connectivity index (χ2v) is 1.40. The molecule has 0 radical (unpaired) electrons. The molecule has 1 fully saturated rings. The van der Waals surface area contributed by atoms with Gasteiger partial charge in [0.15, 0.2) is 0 Å². The molecule has 0 atom stereocenters. The van der Waals surface area contributed by atoms with Gasteiger partial charge >= 0.3 is 0 Å². The lowest BCUT2D eigenvalue weighted by atomic mass is 10.9. The van der Waals surface area contributed by atoms with Crippen molar-refractivity contribution in [3.63, 3.8) is 0 Å². The van der Waals surface area contributed by atoms with Gasteiger partial charge in [0, 0.05) is 0 Å². The van der Waals surface area contributed by atoms with Gasteiger partial charge in [0.05, 0.1) is 6.10 Å². The summed E-state index contributed by atoms with van der Waals surface area (Å²) in [4.78, 5) is 4.35. The monoisotopic (exact) mass is 88.0 g/mol. The molecule has 0 aromatic rings. The van der Waals surface area contributed by atoms with Crippen molar-refractivity contribution in [3.8, 4) is 0 Å². The average Bonchev–Trinajstić information content (AvgIpc) is 2.21. The number of hydrogen-bond acceptors (Lipinski definition) is 3. The molecule has 36 valence electrons. The highest BCUT2D eigenvalue weighted by molar-refractivity contribution is 4.71. The van der Waals surface area contributed by atoms with Gasteiger partial charge in [0.1, 0.15) is 0 Å². The van der Waals surface area contributed by atoms with Gasteiger partial charge in [0.2, 0.25) is 0 Å². The zero-order chi connectivity index (χ0) is 4.41. The highest BCUT2D eigenvalue weighted by Gasteiger charge is 2.20. The van der Waals surface area contributed by atoms with E-state index in [1.54, 1.807) is 0 Å². The van der Waals surface area contributed by atoms with Crippen molar-refractivity contribution in [2.45, 2.75) is 18.9 Å². The number of rotatable bonds is 2. The van der Waals surface area contributed by atoms with Crippen LogP contribution in [-0.4, -0.2) is 6.10 Å². The van der Waals surface area contributed by atoms with E-state index in [-0.39, 0.29) is 6.10 Å². The summed E-state index contributed by atoms with van der Waals surface area (Å²) in [6.07, 6.45) is 2.30. The lowest BCUT2D eigenvalue weighted by Gasteiger charge is -2.03. The van der Waals surface area contributed by atoms with E-state index >= 15 is 0 Å². The summed E-state index contributed by atoms with van der Waals surface area (Å²) < 4.78 is 0. The van der Waals surface area contributed by atoms with Crippen LogP contribution < -0.4 is 5.64 Å². The molecule has 3 nitrogen and oxygen atoms in total. The third-order valence-electron chi connectivity index (χ3n) is 0.739. The summed E-state index contributed by atoms with van der Waals surface area (Å²) in [7, 11) is 0. The molecule has 1 saturated carbocycles. The summed E-state index contributed by atoms with van der Waals surface area (Å²) in [5.74, 6) is 0. The molecule has 0 amide bonds. The Morgan fingerprint density at radius 1 is 1.67 bits per heavy atom. The molecule has 0 spiro atoms. The minimum atomic E-state index is 0.225. The predicted octanol–water partition coefficient (Wildman–Crippen LogP) is 0.168. The van der Waals surface area contributed by atoms with E-state index in [0.717, 1.165) is 12.8 Å². The Bertz CT molecular complexity index is 44.1. The molecule has 0 saturated heterocycles. The second kappa shape index (κ2) is 1.55. The number of nitrogens with one attached hydrogen (secondary N) is 1. The Kier molecular flexibility index (Phi) is 1.05. The van der Waals surface area contributed by atoms with Crippen LogP contribution in [0.15, 0.2) is 0 Å². The molecule has 0 unspecified atom stereocenters.